The molecule has 1 atom stereocenters. The summed E-state index contributed by atoms with van der Waals surface area (Å²) in [6.45, 7) is 1.37. The Hall–Kier alpha value is -1.27. The number of halogens is 2. The highest BCUT2D eigenvalue weighted by molar-refractivity contribution is 9.10. The third-order valence-corrected chi connectivity index (χ3v) is 2.79. The van der Waals surface area contributed by atoms with E-state index in [4.69, 9.17) is 16.7 Å². The van der Waals surface area contributed by atoms with Gasteiger partial charge in [-0.25, -0.2) is 4.79 Å². The summed E-state index contributed by atoms with van der Waals surface area (Å²) in [7, 11) is 0. The van der Waals surface area contributed by atoms with Crippen LogP contribution in [-0.4, -0.2) is 23.1 Å². The summed E-state index contributed by atoms with van der Waals surface area (Å²) in [6.07, 6.45) is 0. The number of carboxylic acids is 1. The molecule has 1 aromatic rings. The zero-order valence-electron chi connectivity index (χ0n) is 8.83. The number of hydrogen-bond acceptors (Lipinski definition) is 2. The summed E-state index contributed by atoms with van der Waals surface area (Å²) < 4.78 is 0.614. The van der Waals surface area contributed by atoms with Crippen LogP contribution in [0.25, 0.3) is 0 Å². The lowest BCUT2D eigenvalue weighted by Gasteiger charge is -2.11. The third-order valence-electron chi connectivity index (χ3n) is 1.90. The molecule has 0 aliphatic heterocycles. The molecule has 0 unspecified atom stereocenters. The van der Waals surface area contributed by atoms with Crippen molar-refractivity contribution >= 4 is 45.2 Å². The number of nitrogens with one attached hydrogen (secondary N) is 2. The Morgan fingerprint density at radius 3 is 2.65 bits per heavy atom. The minimum Gasteiger partial charge on any atom is -0.480 e. The molecule has 7 heteroatoms. The number of carboxylic acid groups (broad SMARTS) is 1. The monoisotopic (exact) mass is 320 g/mol. The molecule has 0 aliphatic rings. The summed E-state index contributed by atoms with van der Waals surface area (Å²) >= 11 is 8.97. The first-order valence-corrected chi connectivity index (χ1v) is 5.82. The van der Waals surface area contributed by atoms with E-state index in [2.05, 4.69) is 26.6 Å². The van der Waals surface area contributed by atoms with E-state index >= 15 is 0 Å². The Morgan fingerprint density at radius 1 is 1.47 bits per heavy atom. The number of urea groups is 1. The van der Waals surface area contributed by atoms with Crippen molar-refractivity contribution in [2.75, 3.05) is 5.32 Å². The van der Waals surface area contributed by atoms with Gasteiger partial charge in [0.25, 0.3) is 0 Å². The van der Waals surface area contributed by atoms with Crippen molar-refractivity contribution in [3.63, 3.8) is 0 Å². The van der Waals surface area contributed by atoms with Crippen LogP contribution in [0.2, 0.25) is 5.02 Å². The van der Waals surface area contributed by atoms with Gasteiger partial charge in [0.05, 0.1) is 5.69 Å². The first kappa shape index (κ1) is 13.8. The molecule has 0 bridgehead atoms. The summed E-state index contributed by atoms with van der Waals surface area (Å²) in [5.41, 5.74) is 0.504. The molecule has 0 aromatic heterocycles. The fourth-order valence-electron chi connectivity index (χ4n) is 1.01. The molecule has 0 fully saturated rings. The zero-order chi connectivity index (χ0) is 13.0. The van der Waals surface area contributed by atoms with Crippen LogP contribution in [0.3, 0.4) is 0 Å². The van der Waals surface area contributed by atoms with Gasteiger partial charge in [-0.05, 0) is 41.1 Å². The van der Waals surface area contributed by atoms with Crippen LogP contribution in [-0.2, 0) is 4.79 Å². The number of benzene rings is 1. The molecule has 17 heavy (non-hydrogen) atoms. The van der Waals surface area contributed by atoms with E-state index in [0.29, 0.717) is 15.2 Å². The van der Waals surface area contributed by atoms with Crippen LogP contribution in [0.15, 0.2) is 22.7 Å². The summed E-state index contributed by atoms with van der Waals surface area (Å²) in [5.74, 6) is -1.10. The van der Waals surface area contributed by atoms with Gasteiger partial charge in [0, 0.05) is 9.50 Å². The predicted octanol–water partition coefficient (Wildman–Crippen LogP) is 2.70. The molecule has 0 saturated heterocycles. The maximum absolute atomic E-state index is 11.4. The smallest absolute Gasteiger partial charge is 0.325 e. The number of anilines is 1. The molecule has 1 aromatic carbocycles. The van der Waals surface area contributed by atoms with Crippen LogP contribution in [0, 0.1) is 0 Å². The van der Waals surface area contributed by atoms with Crippen LogP contribution >= 0.6 is 27.5 Å². The quantitative estimate of drug-likeness (QED) is 0.801. The van der Waals surface area contributed by atoms with E-state index in [1.807, 2.05) is 0 Å². The number of carbonyl (C=O) groups is 2. The molecular formula is C10H10BrClN2O3. The first-order valence-electron chi connectivity index (χ1n) is 4.65. The normalized spacial score (nSPS) is 11.7. The molecule has 92 valence electrons. The molecule has 5 nitrogen and oxygen atoms in total. The summed E-state index contributed by atoms with van der Waals surface area (Å²) in [6, 6.07) is 3.29. The van der Waals surface area contributed by atoms with Gasteiger partial charge in [-0.1, -0.05) is 11.6 Å². The molecule has 1 rings (SSSR count). The van der Waals surface area contributed by atoms with Gasteiger partial charge in [0.1, 0.15) is 6.04 Å². The van der Waals surface area contributed by atoms with Crippen LogP contribution in [0.4, 0.5) is 10.5 Å². The first-order chi connectivity index (χ1) is 7.90. The van der Waals surface area contributed by atoms with Crippen molar-refractivity contribution in [3.05, 3.63) is 27.7 Å². The van der Waals surface area contributed by atoms with E-state index in [1.54, 1.807) is 18.2 Å². The highest BCUT2D eigenvalue weighted by Crippen LogP contribution is 2.25. The maximum atomic E-state index is 11.4. The average Bonchev–Trinajstić information content (AvgIpc) is 2.22. The SMILES string of the molecule is C[C@H](NC(=O)Nc1ccc(Cl)cc1Br)C(=O)O. The van der Waals surface area contributed by atoms with E-state index in [0.717, 1.165) is 0 Å². The highest BCUT2D eigenvalue weighted by Gasteiger charge is 2.14. The third kappa shape index (κ3) is 4.24. The Bertz CT molecular complexity index is 453. The lowest BCUT2D eigenvalue weighted by Crippen LogP contribution is -2.40. The van der Waals surface area contributed by atoms with Crippen molar-refractivity contribution in [2.45, 2.75) is 13.0 Å². The summed E-state index contributed by atoms with van der Waals surface area (Å²) in [4.78, 5) is 22.0. The Labute approximate surface area is 111 Å². The van der Waals surface area contributed by atoms with E-state index < -0.39 is 18.0 Å². The standard InChI is InChI=1S/C10H10BrClN2O3/c1-5(9(15)16)13-10(17)14-8-3-2-6(12)4-7(8)11/h2-5H,1H3,(H,15,16)(H2,13,14,17)/t5-/m0/s1. The lowest BCUT2D eigenvalue weighted by atomic mass is 10.3. The number of aliphatic carboxylic acids is 1. The second-order valence-electron chi connectivity index (χ2n) is 3.28. The Morgan fingerprint density at radius 2 is 2.12 bits per heavy atom. The van der Waals surface area contributed by atoms with Crippen molar-refractivity contribution in [3.8, 4) is 0 Å². The molecule has 0 spiro atoms. The molecule has 0 aliphatic carbocycles. The second-order valence-corrected chi connectivity index (χ2v) is 4.57. The maximum Gasteiger partial charge on any atom is 0.325 e. The zero-order valence-corrected chi connectivity index (χ0v) is 11.2. The van der Waals surface area contributed by atoms with E-state index in [9.17, 15) is 9.59 Å². The van der Waals surface area contributed by atoms with E-state index in [-0.39, 0.29) is 0 Å². The highest BCUT2D eigenvalue weighted by atomic mass is 79.9. The van der Waals surface area contributed by atoms with E-state index in [1.165, 1.54) is 6.92 Å². The van der Waals surface area contributed by atoms with Gasteiger partial charge in [-0.15, -0.1) is 0 Å². The minimum absolute atomic E-state index is 0.504. The number of amides is 2. The van der Waals surface area contributed by atoms with Crippen molar-refractivity contribution in [1.29, 1.82) is 0 Å². The van der Waals surface area contributed by atoms with Gasteiger partial charge in [-0.2, -0.15) is 0 Å². The van der Waals surface area contributed by atoms with Gasteiger partial charge in [-0.3, -0.25) is 4.79 Å². The molecule has 2 amide bonds. The molecule has 3 N–H and O–H groups in total. The van der Waals surface area contributed by atoms with Crippen LogP contribution in [0.5, 0.6) is 0 Å². The Balaban J connectivity index is 2.65. The number of hydrogen-bond donors (Lipinski definition) is 3. The van der Waals surface area contributed by atoms with Crippen molar-refractivity contribution < 1.29 is 14.7 Å². The van der Waals surface area contributed by atoms with Gasteiger partial charge >= 0.3 is 12.0 Å². The predicted molar refractivity (Wildman–Crippen MR) is 68.4 cm³/mol. The van der Waals surface area contributed by atoms with Crippen LogP contribution < -0.4 is 10.6 Å². The molecule has 0 saturated carbocycles. The second kappa shape index (κ2) is 5.88. The van der Waals surface area contributed by atoms with Crippen LogP contribution in [0.1, 0.15) is 6.92 Å². The Kier molecular flexibility index (Phi) is 4.77. The lowest BCUT2D eigenvalue weighted by molar-refractivity contribution is -0.138. The van der Waals surface area contributed by atoms with Crippen molar-refractivity contribution in [2.24, 2.45) is 0 Å². The fraction of sp³-hybridized carbons (Fsp3) is 0.200. The van der Waals surface area contributed by atoms with Gasteiger partial charge < -0.3 is 15.7 Å². The average molecular weight is 322 g/mol. The molecule has 0 radical (unpaired) electrons. The topological polar surface area (TPSA) is 78.4 Å². The van der Waals surface area contributed by atoms with Crippen molar-refractivity contribution in [1.82, 2.24) is 5.32 Å². The molecule has 0 heterocycles. The van der Waals surface area contributed by atoms with Gasteiger partial charge in [0.2, 0.25) is 0 Å². The number of carbonyl (C=O) groups excluding carboxylic acids is 1. The van der Waals surface area contributed by atoms with Gasteiger partial charge in [0.15, 0.2) is 0 Å². The minimum atomic E-state index is -1.10. The largest absolute Gasteiger partial charge is 0.480 e. The fourth-order valence-corrected chi connectivity index (χ4v) is 1.79. The summed E-state index contributed by atoms with van der Waals surface area (Å²) in [5, 5.41) is 13.9. The molecular weight excluding hydrogens is 311 g/mol. The number of rotatable bonds is 3.